The third-order valence-corrected chi connectivity index (χ3v) is 4.40. The smallest absolute Gasteiger partial charge is 0.0522 e. The van der Waals surface area contributed by atoms with Gasteiger partial charge in [0.05, 0.1) is 6.20 Å². The van der Waals surface area contributed by atoms with Crippen LogP contribution in [0.1, 0.15) is 17.7 Å². The summed E-state index contributed by atoms with van der Waals surface area (Å²) < 4.78 is 0. The molecule has 1 atom stereocenters. The number of hydrogen-bond acceptors (Lipinski definition) is 3. The van der Waals surface area contributed by atoms with Gasteiger partial charge in [0.2, 0.25) is 0 Å². The number of aryl methyl sites for hydroxylation is 1. The van der Waals surface area contributed by atoms with Crippen LogP contribution in [0.3, 0.4) is 0 Å². The summed E-state index contributed by atoms with van der Waals surface area (Å²) in [5.74, 6) is 2.60. The van der Waals surface area contributed by atoms with Crippen LogP contribution in [0.2, 0.25) is 0 Å². The third kappa shape index (κ3) is 1.57. The van der Waals surface area contributed by atoms with Crippen LogP contribution in [-0.4, -0.2) is 33.8 Å². The Kier molecular flexibility index (Phi) is 2.25. The highest BCUT2D eigenvalue weighted by atomic mass is 32.2. The van der Waals surface area contributed by atoms with Crippen molar-refractivity contribution in [3.8, 4) is 0 Å². The van der Waals surface area contributed by atoms with Crippen LogP contribution >= 0.6 is 11.8 Å². The molecule has 0 radical (unpaired) electrons. The molecule has 1 aromatic rings. The standard InChI is InChI=1S/C10H15N3S/c1-2-10-7(4-11-13-10)3-8(1)12-9-5-14-6-9/h4,8-9,12H,1-3,5-6H2,(H,11,13). The lowest BCUT2D eigenvalue weighted by Crippen LogP contribution is -2.48. The number of aromatic amines is 1. The van der Waals surface area contributed by atoms with E-state index in [2.05, 4.69) is 15.5 Å². The largest absolute Gasteiger partial charge is 0.309 e. The Hall–Kier alpha value is -0.480. The average molecular weight is 209 g/mol. The number of hydrogen-bond donors (Lipinski definition) is 2. The summed E-state index contributed by atoms with van der Waals surface area (Å²) in [5, 5.41) is 10.9. The van der Waals surface area contributed by atoms with Crippen molar-refractivity contribution in [1.82, 2.24) is 15.5 Å². The molecule has 0 saturated carbocycles. The number of fused-ring (bicyclic) bond motifs is 1. The summed E-state index contributed by atoms with van der Waals surface area (Å²) in [7, 11) is 0. The van der Waals surface area contributed by atoms with Crippen LogP contribution in [0, 0.1) is 0 Å². The molecule has 0 bridgehead atoms. The molecule has 1 fully saturated rings. The number of rotatable bonds is 2. The van der Waals surface area contributed by atoms with Crippen LogP contribution in [0.5, 0.6) is 0 Å². The summed E-state index contributed by atoms with van der Waals surface area (Å²) in [6.45, 7) is 0. The van der Waals surface area contributed by atoms with Gasteiger partial charge in [-0.05, 0) is 24.8 Å². The molecule has 0 spiro atoms. The molecule has 0 aromatic carbocycles. The van der Waals surface area contributed by atoms with E-state index < -0.39 is 0 Å². The Bertz CT molecular complexity index is 319. The first-order valence-corrected chi connectivity index (χ1v) is 6.42. The van der Waals surface area contributed by atoms with Gasteiger partial charge < -0.3 is 5.32 Å². The first-order valence-electron chi connectivity index (χ1n) is 5.27. The van der Waals surface area contributed by atoms with Crippen LogP contribution in [0.15, 0.2) is 6.20 Å². The van der Waals surface area contributed by atoms with Gasteiger partial charge in [0.25, 0.3) is 0 Å². The van der Waals surface area contributed by atoms with Crippen molar-refractivity contribution in [3.05, 3.63) is 17.5 Å². The van der Waals surface area contributed by atoms with E-state index in [0.29, 0.717) is 6.04 Å². The Morgan fingerprint density at radius 1 is 1.43 bits per heavy atom. The van der Waals surface area contributed by atoms with E-state index in [9.17, 15) is 0 Å². The lowest BCUT2D eigenvalue weighted by Gasteiger charge is -2.32. The van der Waals surface area contributed by atoms with E-state index in [-0.39, 0.29) is 0 Å². The second kappa shape index (κ2) is 3.59. The van der Waals surface area contributed by atoms with E-state index in [4.69, 9.17) is 0 Å². The average Bonchev–Trinajstić information content (AvgIpc) is 2.58. The minimum Gasteiger partial charge on any atom is -0.309 e. The maximum atomic E-state index is 4.09. The SMILES string of the molecule is c1n[nH]c2c1CC(NC1CSC1)CC2. The monoisotopic (exact) mass is 209 g/mol. The van der Waals surface area contributed by atoms with E-state index >= 15 is 0 Å². The molecule has 1 saturated heterocycles. The topological polar surface area (TPSA) is 40.7 Å². The van der Waals surface area contributed by atoms with Crippen molar-refractivity contribution in [3.63, 3.8) is 0 Å². The lowest BCUT2D eigenvalue weighted by molar-refractivity contribution is 0.418. The minimum absolute atomic E-state index is 0.686. The zero-order valence-corrected chi connectivity index (χ0v) is 8.94. The quantitative estimate of drug-likeness (QED) is 0.762. The number of aromatic nitrogens is 2. The van der Waals surface area contributed by atoms with E-state index in [1.165, 1.54) is 29.2 Å². The van der Waals surface area contributed by atoms with Gasteiger partial charge in [-0.1, -0.05) is 0 Å². The van der Waals surface area contributed by atoms with Gasteiger partial charge in [-0.3, -0.25) is 5.10 Å². The molecule has 1 aromatic heterocycles. The predicted molar refractivity (Wildman–Crippen MR) is 58.6 cm³/mol. The zero-order chi connectivity index (χ0) is 9.38. The molecule has 14 heavy (non-hydrogen) atoms. The summed E-state index contributed by atoms with van der Waals surface area (Å²) in [6, 6.07) is 1.46. The maximum Gasteiger partial charge on any atom is 0.0522 e. The lowest BCUT2D eigenvalue weighted by atomic mass is 9.93. The normalized spacial score (nSPS) is 27.0. The molecule has 3 rings (SSSR count). The van der Waals surface area contributed by atoms with Gasteiger partial charge in [-0.15, -0.1) is 0 Å². The molecule has 1 aliphatic heterocycles. The highest BCUT2D eigenvalue weighted by molar-refractivity contribution is 8.00. The molecule has 2 aliphatic rings. The summed E-state index contributed by atoms with van der Waals surface area (Å²) in [4.78, 5) is 0. The van der Waals surface area contributed by atoms with Crippen LogP contribution in [0.4, 0.5) is 0 Å². The highest BCUT2D eigenvalue weighted by Crippen LogP contribution is 2.23. The number of H-pyrrole nitrogens is 1. The second-order valence-corrected chi connectivity index (χ2v) is 5.29. The van der Waals surface area contributed by atoms with Crippen LogP contribution < -0.4 is 5.32 Å². The van der Waals surface area contributed by atoms with Gasteiger partial charge in [-0.2, -0.15) is 16.9 Å². The fourth-order valence-corrected chi connectivity index (χ4v) is 2.89. The highest BCUT2D eigenvalue weighted by Gasteiger charge is 2.25. The molecular weight excluding hydrogens is 194 g/mol. The van der Waals surface area contributed by atoms with Crippen LogP contribution in [0.25, 0.3) is 0 Å². The Morgan fingerprint density at radius 2 is 2.36 bits per heavy atom. The van der Waals surface area contributed by atoms with E-state index in [1.54, 1.807) is 0 Å². The molecular formula is C10H15N3S. The number of nitrogens with one attached hydrogen (secondary N) is 2. The predicted octanol–water partition coefficient (Wildman–Crippen LogP) is 0.972. The Labute approximate surface area is 88.0 Å². The van der Waals surface area contributed by atoms with Crippen molar-refractivity contribution in [2.75, 3.05) is 11.5 Å². The van der Waals surface area contributed by atoms with Crippen molar-refractivity contribution in [2.45, 2.75) is 31.3 Å². The first kappa shape index (κ1) is 8.80. The van der Waals surface area contributed by atoms with Gasteiger partial charge in [0, 0.05) is 29.3 Å². The van der Waals surface area contributed by atoms with Crippen LogP contribution in [-0.2, 0) is 12.8 Å². The molecule has 1 aliphatic carbocycles. The Morgan fingerprint density at radius 3 is 3.14 bits per heavy atom. The summed E-state index contributed by atoms with van der Waals surface area (Å²) in [6.07, 6.45) is 5.56. The number of nitrogens with zero attached hydrogens (tertiary/aromatic N) is 1. The van der Waals surface area contributed by atoms with Gasteiger partial charge in [0.15, 0.2) is 0 Å². The molecule has 2 heterocycles. The molecule has 0 amide bonds. The van der Waals surface area contributed by atoms with Gasteiger partial charge in [-0.25, -0.2) is 0 Å². The van der Waals surface area contributed by atoms with E-state index in [1.807, 2.05) is 18.0 Å². The maximum absolute atomic E-state index is 4.09. The molecule has 2 N–H and O–H groups in total. The van der Waals surface area contributed by atoms with E-state index in [0.717, 1.165) is 18.9 Å². The van der Waals surface area contributed by atoms with Gasteiger partial charge in [0.1, 0.15) is 0 Å². The van der Waals surface area contributed by atoms with Gasteiger partial charge >= 0.3 is 0 Å². The molecule has 1 unspecified atom stereocenters. The Balaban J connectivity index is 1.63. The minimum atomic E-state index is 0.686. The van der Waals surface area contributed by atoms with Crippen molar-refractivity contribution in [1.29, 1.82) is 0 Å². The fraction of sp³-hybridized carbons (Fsp3) is 0.700. The van der Waals surface area contributed by atoms with Crippen molar-refractivity contribution in [2.24, 2.45) is 0 Å². The molecule has 76 valence electrons. The van der Waals surface area contributed by atoms with Crippen molar-refractivity contribution < 1.29 is 0 Å². The summed E-state index contributed by atoms with van der Waals surface area (Å²) >= 11 is 2.04. The number of thioether (sulfide) groups is 1. The summed E-state index contributed by atoms with van der Waals surface area (Å²) in [5.41, 5.74) is 2.77. The molecule has 4 heteroatoms. The fourth-order valence-electron chi connectivity index (χ4n) is 2.22. The zero-order valence-electron chi connectivity index (χ0n) is 8.12. The third-order valence-electron chi connectivity index (χ3n) is 3.13. The van der Waals surface area contributed by atoms with Crippen molar-refractivity contribution >= 4 is 11.8 Å². The second-order valence-electron chi connectivity index (χ2n) is 4.21. The molecule has 3 nitrogen and oxygen atoms in total. The first-order chi connectivity index (χ1) is 6.92.